The number of amides is 1. The van der Waals surface area contributed by atoms with Crippen LogP contribution >= 0.6 is 11.3 Å². The van der Waals surface area contributed by atoms with Crippen molar-refractivity contribution in [2.45, 2.75) is 18.9 Å². The van der Waals surface area contributed by atoms with Gasteiger partial charge in [0, 0.05) is 41.7 Å². The molecule has 1 unspecified atom stereocenters. The van der Waals surface area contributed by atoms with E-state index in [0.29, 0.717) is 5.69 Å². The molecule has 3 atom stereocenters. The van der Waals surface area contributed by atoms with Gasteiger partial charge in [-0.3, -0.25) is 4.79 Å². The molecule has 0 saturated carbocycles. The van der Waals surface area contributed by atoms with Crippen LogP contribution in [0.3, 0.4) is 0 Å². The van der Waals surface area contributed by atoms with Gasteiger partial charge in [-0.05, 0) is 31.4 Å². The van der Waals surface area contributed by atoms with E-state index in [0.717, 1.165) is 34.5 Å². The van der Waals surface area contributed by atoms with Crippen LogP contribution in [0.4, 0.5) is 0 Å². The predicted octanol–water partition coefficient (Wildman–Crippen LogP) is 2.10. The lowest BCUT2D eigenvalue weighted by Gasteiger charge is -2.30. The highest BCUT2D eigenvalue weighted by molar-refractivity contribution is 7.17. The van der Waals surface area contributed by atoms with E-state index in [4.69, 9.17) is 6.42 Å². The van der Waals surface area contributed by atoms with Crippen LogP contribution in [-0.2, 0) is 0 Å². The Bertz CT molecular complexity index is 764. The molecule has 0 aliphatic carbocycles. The third-order valence-electron chi connectivity index (χ3n) is 4.66. The van der Waals surface area contributed by atoms with E-state index in [1.54, 1.807) is 6.20 Å². The van der Waals surface area contributed by atoms with Crippen molar-refractivity contribution >= 4 is 27.3 Å². The average molecular weight is 311 g/mol. The van der Waals surface area contributed by atoms with Gasteiger partial charge in [-0.1, -0.05) is 5.92 Å². The van der Waals surface area contributed by atoms with E-state index in [-0.39, 0.29) is 11.9 Å². The summed E-state index contributed by atoms with van der Waals surface area (Å²) in [5, 5.41) is 6.02. The lowest BCUT2D eigenvalue weighted by atomic mass is 9.97. The highest BCUT2D eigenvalue weighted by atomic mass is 32.1. The monoisotopic (exact) mass is 311 g/mol. The van der Waals surface area contributed by atoms with Crippen molar-refractivity contribution in [2.24, 2.45) is 5.92 Å². The van der Waals surface area contributed by atoms with Crippen LogP contribution in [0.25, 0.3) is 10.1 Å². The largest absolute Gasteiger partial charge is 0.347 e. The smallest absolute Gasteiger partial charge is 0.271 e. The predicted molar refractivity (Wildman–Crippen MR) is 88.0 cm³/mol. The maximum atomic E-state index is 12.6. The molecule has 2 aromatic rings. The fraction of sp³-hybridized carbons (Fsp3) is 0.412. The second-order valence-electron chi connectivity index (χ2n) is 6.15. The second-order valence-corrected chi connectivity index (χ2v) is 7.03. The van der Waals surface area contributed by atoms with E-state index >= 15 is 0 Å². The highest BCUT2D eigenvalue weighted by Crippen LogP contribution is 2.29. The van der Waals surface area contributed by atoms with Gasteiger partial charge in [-0.2, -0.15) is 0 Å². The molecule has 2 aliphatic rings. The second kappa shape index (κ2) is 5.38. The zero-order chi connectivity index (χ0) is 15.1. The normalized spacial score (nSPS) is 26.8. The molecule has 2 aliphatic heterocycles. The Morgan fingerprint density at radius 2 is 2.41 bits per heavy atom. The molecule has 0 radical (unpaired) electrons. The summed E-state index contributed by atoms with van der Waals surface area (Å²) >= 11 is 1.49. The van der Waals surface area contributed by atoms with E-state index in [9.17, 15) is 4.79 Å². The maximum absolute atomic E-state index is 12.6. The van der Waals surface area contributed by atoms with Crippen LogP contribution < -0.4 is 5.32 Å². The Hall–Kier alpha value is -1.90. The number of fused-ring (bicyclic) bond motifs is 3. The van der Waals surface area contributed by atoms with Crippen molar-refractivity contribution < 1.29 is 4.79 Å². The molecule has 5 heteroatoms. The Kier molecular flexibility index (Phi) is 3.36. The summed E-state index contributed by atoms with van der Waals surface area (Å²) in [6.07, 6.45) is 9.51. The fourth-order valence-electron chi connectivity index (χ4n) is 3.65. The molecule has 2 bridgehead atoms. The van der Waals surface area contributed by atoms with E-state index in [2.05, 4.69) is 21.1 Å². The Morgan fingerprint density at radius 1 is 1.50 bits per heavy atom. The van der Waals surface area contributed by atoms with Gasteiger partial charge in [-0.25, -0.2) is 4.98 Å². The van der Waals surface area contributed by atoms with Crippen LogP contribution in [0.1, 0.15) is 28.9 Å². The molecular weight excluding hydrogens is 294 g/mol. The lowest BCUT2D eigenvalue weighted by Crippen LogP contribution is -2.47. The van der Waals surface area contributed by atoms with E-state index in [1.807, 2.05) is 11.4 Å². The maximum Gasteiger partial charge on any atom is 0.271 e. The van der Waals surface area contributed by atoms with Crippen molar-refractivity contribution in [1.29, 1.82) is 0 Å². The number of thiophene rings is 1. The molecule has 4 nitrogen and oxygen atoms in total. The molecule has 112 valence electrons. The zero-order valence-corrected chi connectivity index (χ0v) is 13.0. The molecule has 0 spiro atoms. The number of carbonyl (C=O) groups is 1. The number of terminal acetylenes is 1. The number of pyridine rings is 1. The van der Waals surface area contributed by atoms with Crippen LogP contribution in [-0.4, -0.2) is 41.5 Å². The van der Waals surface area contributed by atoms with Crippen molar-refractivity contribution in [1.82, 2.24) is 15.2 Å². The lowest BCUT2D eigenvalue weighted by molar-refractivity contribution is 0.0906. The number of carbonyl (C=O) groups excluding carboxylic acids is 1. The van der Waals surface area contributed by atoms with Gasteiger partial charge < -0.3 is 10.2 Å². The van der Waals surface area contributed by atoms with Gasteiger partial charge in [-0.15, -0.1) is 17.8 Å². The minimum Gasteiger partial charge on any atom is -0.347 e. The first-order valence-electron chi connectivity index (χ1n) is 7.60. The molecule has 22 heavy (non-hydrogen) atoms. The van der Waals surface area contributed by atoms with Gasteiger partial charge in [0.05, 0.1) is 4.70 Å². The van der Waals surface area contributed by atoms with Crippen LogP contribution in [0.15, 0.2) is 17.6 Å². The van der Waals surface area contributed by atoms with Gasteiger partial charge >= 0.3 is 0 Å². The molecular formula is C17H17N3OS. The Balaban J connectivity index is 1.58. The van der Waals surface area contributed by atoms with Gasteiger partial charge in [0.15, 0.2) is 0 Å². The average Bonchev–Trinajstić information content (AvgIpc) is 3.09. The topological polar surface area (TPSA) is 45.2 Å². The summed E-state index contributed by atoms with van der Waals surface area (Å²) in [4.78, 5) is 19.4. The van der Waals surface area contributed by atoms with Crippen LogP contribution in [0.2, 0.25) is 0 Å². The first-order chi connectivity index (χ1) is 10.7. The molecule has 4 rings (SSSR count). The van der Waals surface area contributed by atoms with Crippen molar-refractivity contribution in [3.8, 4) is 12.3 Å². The third-order valence-corrected chi connectivity index (χ3v) is 5.66. The van der Waals surface area contributed by atoms with Crippen molar-refractivity contribution in [3.05, 3.63) is 28.9 Å². The number of hydrogen-bond donors (Lipinski definition) is 1. The van der Waals surface area contributed by atoms with Crippen molar-refractivity contribution in [2.75, 3.05) is 19.6 Å². The number of aromatic nitrogens is 1. The van der Waals surface area contributed by atoms with E-state index in [1.165, 1.54) is 30.8 Å². The third kappa shape index (κ3) is 2.29. The number of nitrogens with one attached hydrogen (secondary N) is 1. The molecule has 1 N–H and O–H groups in total. The summed E-state index contributed by atoms with van der Waals surface area (Å²) < 4.78 is 0.882. The van der Waals surface area contributed by atoms with Crippen molar-refractivity contribution in [3.63, 3.8) is 0 Å². The number of nitrogens with zero attached hydrogens (tertiary/aromatic N) is 2. The zero-order valence-electron chi connectivity index (χ0n) is 12.2. The number of rotatable bonds is 2. The first kappa shape index (κ1) is 13.7. The summed E-state index contributed by atoms with van der Waals surface area (Å²) in [6, 6.07) is 2.11. The Labute approximate surface area is 133 Å². The summed E-state index contributed by atoms with van der Waals surface area (Å²) in [6.45, 7) is 3.32. The quantitative estimate of drug-likeness (QED) is 0.864. The number of hydrogen-bond acceptors (Lipinski definition) is 4. The molecule has 4 heterocycles. The van der Waals surface area contributed by atoms with Gasteiger partial charge in [0.25, 0.3) is 5.91 Å². The van der Waals surface area contributed by atoms with Crippen LogP contribution in [0.5, 0.6) is 0 Å². The van der Waals surface area contributed by atoms with Gasteiger partial charge in [0.1, 0.15) is 5.69 Å². The number of piperidine rings is 1. The first-order valence-corrected chi connectivity index (χ1v) is 8.48. The minimum atomic E-state index is -0.0801. The molecule has 2 saturated heterocycles. The summed E-state index contributed by atoms with van der Waals surface area (Å²) in [5.41, 5.74) is 1.33. The summed E-state index contributed by atoms with van der Waals surface area (Å²) in [7, 11) is 0. The minimum absolute atomic E-state index is 0.0801. The standard InChI is InChI=1S/C17H17N3OS/c1-2-12-10-22-16-14(12)3-5-18-15(16)17(21)19-13-7-11-4-6-20(8-11)9-13/h1,3,5,10-11,13H,4,6-9H2,(H,19,21)/t11-,13-/m1/s1. The SMILES string of the molecule is C#Cc1csc2c(C(=O)N[C@@H]3C[C@H]4CCN(C4)C3)nccc12. The fourth-order valence-corrected chi connectivity index (χ4v) is 4.65. The Morgan fingerprint density at radius 3 is 3.23 bits per heavy atom. The summed E-state index contributed by atoms with van der Waals surface area (Å²) in [5.74, 6) is 3.32. The highest BCUT2D eigenvalue weighted by Gasteiger charge is 2.33. The molecule has 2 fully saturated rings. The molecule has 2 aromatic heterocycles. The van der Waals surface area contributed by atoms with Crippen LogP contribution in [0, 0.1) is 18.3 Å². The molecule has 0 aromatic carbocycles. The van der Waals surface area contributed by atoms with Gasteiger partial charge in [0.2, 0.25) is 0 Å². The van der Waals surface area contributed by atoms with E-state index < -0.39 is 0 Å². The molecule has 1 amide bonds.